The van der Waals surface area contributed by atoms with Gasteiger partial charge in [0.1, 0.15) is 5.75 Å². The van der Waals surface area contributed by atoms with Crippen molar-refractivity contribution in [3.05, 3.63) is 54.1 Å². The van der Waals surface area contributed by atoms with Crippen molar-refractivity contribution >= 4 is 0 Å². The number of hydrogen-bond acceptors (Lipinski definition) is 4. The van der Waals surface area contributed by atoms with Crippen LogP contribution in [0.15, 0.2) is 42.9 Å². The molecule has 2 aromatic heterocycles. The Balaban J connectivity index is 2.28. The van der Waals surface area contributed by atoms with Gasteiger partial charge >= 0.3 is 0 Å². The van der Waals surface area contributed by atoms with E-state index in [9.17, 15) is 0 Å². The van der Waals surface area contributed by atoms with Gasteiger partial charge in [0.15, 0.2) is 0 Å². The number of nitrogens with zero attached hydrogens (tertiary/aromatic N) is 2. The van der Waals surface area contributed by atoms with Crippen molar-refractivity contribution in [1.29, 1.82) is 0 Å². The molecule has 0 saturated carbocycles. The third kappa shape index (κ3) is 3.78. The van der Waals surface area contributed by atoms with E-state index in [1.807, 2.05) is 43.6 Å². The molecule has 0 radical (unpaired) electrons. The lowest BCUT2D eigenvalue weighted by Gasteiger charge is -2.18. The highest BCUT2D eigenvalue weighted by Crippen LogP contribution is 2.22. The van der Waals surface area contributed by atoms with E-state index in [4.69, 9.17) is 4.74 Å². The topological polar surface area (TPSA) is 47.0 Å². The molecule has 2 heterocycles. The first-order chi connectivity index (χ1) is 9.85. The predicted octanol–water partition coefficient (Wildman–Crippen LogP) is 2.96. The molecule has 0 bridgehead atoms. The second-order valence-corrected chi connectivity index (χ2v) is 4.53. The van der Waals surface area contributed by atoms with E-state index >= 15 is 0 Å². The summed E-state index contributed by atoms with van der Waals surface area (Å²) in [7, 11) is 0. The van der Waals surface area contributed by atoms with Gasteiger partial charge in [-0.1, -0.05) is 13.0 Å². The normalized spacial score (nSPS) is 12.1. The fraction of sp³-hybridized carbons (Fsp3) is 0.375. The molecule has 0 amide bonds. The highest BCUT2D eigenvalue weighted by Gasteiger charge is 2.15. The zero-order valence-corrected chi connectivity index (χ0v) is 12.0. The second kappa shape index (κ2) is 7.60. The number of hydrogen-bond donors (Lipinski definition) is 1. The third-order valence-electron chi connectivity index (χ3n) is 2.96. The number of ether oxygens (including phenoxy) is 1. The Morgan fingerprint density at radius 2 is 2.15 bits per heavy atom. The summed E-state index contributed by atoms with van der Waals surface area (Å²) in [6, 6.07) is 8.03. The van der Waals surface area contributed by atoms with E-state index in [0.717, 1.165) is 30.0 Å². The largest absolute Gasteiger partial charge is 0.492 e. The minimum absolute atomic E-state index is 0.0454. The summed E-state index contributed by atoms with van der Waals surface area (Å²) < 4.78 is 5.53. The van der Waals surface area contributed by atoms with Crippen LogP contribution in [0.1, 0.15) is 37.6 Å². The molecule has 4 heteroatoms. The minimum Gasteiger partial charge on any atom is -0.492 e. The van der Waals surface area contributed by atoms with Gasteiger partial charge in [-0.25, -0.2) is 0 Å². The molecule has 2 aromatic rings. The third-order valence-corrected chi connectivity index (χ3v) is 2.96. The van der Waals surface area contributed by atoms with Crippen LogP contribution in [0, 0.1) is 0 Å². The van der Waals surface area contributed by atoms with Crippen LogP contribution in [-0.4, -0.2) is 23.1 Å². The first kappa shape index (κ1) is 14.5. The van der Waals surface area contributed by atoms with Crippen molar-refractivity contribution in [1.82, 2.24) is 15.3 Å². The average molecular weight is 271 g/mol. The van der Waals surface area contributed by atoms with Crippen molar-refractivity contribution in [2.75, 3.05) is 13.2 Å². The number of aromatic nitrogens is 2. The van der Waals surface area contributed by atoms with Crippen LogP contribution >= 0.6 is 0 Å². The lowest BCUT2D eigenvalue weighted by Crippen LogP contribution is -2.24. The van der Waals surface area contributed by atoms with Crippen molar-refractivity contribution in [2.24, 2.45) is 0 Å². The number of pyridine rings is 2. The van der Waals surface area contributed by atoms with Gasteiger partial charge in [-0.15, -0.1) is 0 Å². The van der Waals surface area contributed by atoms with E-state index in [0.29, 0.717) is 6.61 Å². The Bertz CT molecular complexity index is 516. The van der Waals surface area contributed by atoms with Gasteiger partial charge in [0, 0.05) is 12.4 Å². The van der Waals surface area contributed by atoms with Gasteiger partial charge < -0.3 is 10.1 Å². The van der Waals surface area contributed by atoms with Crippen LogP contribution in [0.25, 0.3) is 0 Å². The van der Waals surface area contributed by atoms with Gasteiger partial charge in [-0.3, -0.25) is 9.97 Å². The molecular weight excluding hydrogens is 250 g/mol. The summed E-state index contributed by atoms with van der Waals surface area (Å²) in [5.74, 6) is 0.796. The van der Waals surface area contributed by atoms with Gasteiger partial charge in [0.2, 0.25) is 0 Å². The van der Waals surface area contributed by atoms with Gasteiger partial charge in [-0.2, -0.15) is 0 Å². The lowest BCUT2D eigenvalue weighted by atomic mass is 10.0. The van der Waals surface area contributed by atoms with Crippen LogP contribution in [-0.2, 0) is 0 Å². The zero-order chi connectivity index (χ0) is 14.2. The van der Waals surface area contributed by atoms with Crippen LogP contribution < -0.4 is 10.1 Å². The smallest absolute Gasteiger partial charge is 0.137 e. The van der Waals surface area contributed by atoms with Gasteiger partial charge in [-0.05, 0) is 43.7 Å². The highest BCUT2D eigenvalue weighted by molar-refractivity contribution is 5.31. The fourth-order valence-corrected chi connectivity index (χ4v) is 2.07. The van der Waals surface area contributed by atoms with Crippen LogP contribution in [0.4, 0.5) is 0 Å². The predicted molar refractivity (Wildman–Crippen MR) is 79.8 cm³/mol. The molecule has 0 aliphatic heterocycles. The van der Waals surface area contributed by atoms with E-state index < -0.39 is 0 Å². The lowest BCUT2D eigenvalue weighted by molar-refractivity contribution is 0.338. The maximum Gasteiger partial charge on any atom is 0.137 e. The van der Waals surface area contributed by atoms with Crippen LogP contribution in [0.5, 0.6) is 5.75 Å². The van der Waals surface area contributed by atoms with E-state index in [1.165, 1.54) is 0 Å². The van der Waals surface area contributed by atoms with Crippen molar-refractivity contribution < 1.29 is 4.74 Å². The Kier molecular flexibility index (Phi) is 5.50. The van der Waals surface area contributed by atoms with E-state index in [-0.39, 0.29) is 6.04 Å². The average Bonchev–Trinajstić information content (AvgIpc) is 2.50. The summed E-state index contributed by atoms with van der Waals surface area (Å²) in [5, 5.41) is 3.51. The summed E-state index contributed by atoms with van der Waals surface area (Å²) in [6.07, 6.45) is 6.49. The summed E-state index contributed by atoms with van der Waals surface area (Å²) in [4.78, 5) is 8.72. The van der Waals surface area contributed by atoms with Gasteiger partial charge in [0.05, 0.1) is 24.5 Å². The molecule has 106 valence electrons. The molecule has 20 heavy (non-hydrogen) atoms. The monoisotopic (exact) mass is 271 g/mol. The van der Waals surface area contributed by atoms with Gasteiger partial charge in [0.25, 0.3) is 0 Å². The van der Waals surface area contributed by atoms with E-state index in [1.54, 1.807) is 6.20 Å². The maximum absolute atomic E-state index is 5.53. The van der Waals surface area contributed by atoms with Crippen molar-refractivity contribution in [3.8, 4) is 5.75 Å². The van der Waals surface area contributed by atoms with Crippen molar-refractivity contribution in [3.63, 3.8) is 0 Å². The number of nitrogens with one attached hydrogen (secondary N) is 1. The first-order valence-corrected chi connectivity index (χ1v) is 7.07. The standard InChI is InChI=1S/C16H21N3O/c1-3-8-19-16(15-7-5-6-9-18-15)13-10-14(20-4-2)12-17-11-13/h5-7,9-12,16,19H,3-4,8H2,1-2H3. The second-order valence-electron chi connectivity index (χ2n) is 4.53. The Morgan fingerprint density at radius 3 is 2.85 bits per heavy atom. The molecule has 0 aliphatic carbocycles. The minimum atomic E-state index is 0.0454. The van der Waals surface area contributed by atoms with Crippen molar-refractivity contribution in [2.45, 2.75) is 26.3 Å². The Hall–Kier alpha value is -1.94. The van der Waals surface area contributed by atoms with Crippen LogP contribution in [0.2, 0.25) is 0 Å². The molecule has 2 rings (SSSR count). The molecule has 1 atom stereocenters. The summed E-state index contributed by atoms with van der Waals surface area (Å²) >= 11 is 0. The summed E-state index contributed by atoms with van der Waals surface area (Å²) in [6.45, 7) is 5.69. The van der Waals surface area contributed by atoms with Crippen LogP contribution in [0.3, 0.4) is 0 Å². The molecule has 1 N–H and O–H groups in total. The fourth-order valence-electron chi connectivity index (χ4n) is 2.07. The molecule has 1 unspecified atom stereocenters. The Morgan fingerprint density at radius 1 is 1.25 bits per heavy atom. The number of rotatable bonds is 7. The molecule has 0 aromatic carbocycles. The molecule has 4 nitrogen and oxygen atoms in total. The SMILES string of the molecule is CCCNC(c1cncc(OCC)c1)c1ccccn1. The quantitative estimate of drug-likeness (QED) is 0.841. The molecule has 0 spiro atoms. The molecule has 0 saturated heterocycles. The van der Waals surface area contributed by atoms with E-state index in [2.05, 4.69) is 22.2 Å². The summed E-state index contributed by atoms with van der Waals surface area (Å²) in [5.41, 5.74) is 2.07. The zero-order valence-electron chi connectivity index (χ0n) is 12.0. The highest BCUT2D eigenvalue weighted by atomic mass is 16.5. The first-order valence-electron chi connectivity index (χ1n) is 7.07. The molecule has 0 fully saturated rings. The molecule has 0 aliphatic rings. The Labute approximate surface area is 120 Å². The molecular formula is C16H21N3O. The maximum atomic E-state index is 5.53.